The number of hydrogen-bond donors (Lipinski definition) is 1. The molecule has 154 valence electrons. The Morgan fingerprint density at radius 1 is 1.14 bits per heavy atom. The van der Waals surface area contributed by atoms with Gasteiger partial charge in [-0.1, -0.05) is 18.2 Å². The maximum atomic E-state index is 13.0. The predicted molar refractivity (Wildman–Crippen MR) is 111 cm³/mol. The number of nitrogens with zero attached hydrogens (tertiary/aromatic N) is 2. The van der Waals surface area contributed by atoms with Crippen LogP contribution in [0.1, 0.15) is 24.8 Å². The van der Waals surface area contributed by atoms with Crippen LogP contribution in [0.3, 0.4) is 0 Å². The second kappa shape index (κ2) is 9.85. The summed E-state index contributed by atoms with van der Waals surface area (Å²) in [6.07, 6.45) is 7.06. The Balaban J connectivity index is 1.37. The first-order valence-corrected chi connectivity index (χ1v) is 10.5. The molecule has 2 aliphatic heterocycles. The standard InChI is InChI=1S/C23H29N3O3/c27-23(25-13-8-18-6-11-24-12-7-18)22-16-21(29-20-4-2-1-3-5-20)17-26(22)19-9-14-28-15-10-19/h1-7,11-12,19,21-22H,8-10,13-17H2,(H,25,27)/t21-,22-/m0/s1. The molecule has 6 heteroatoms. The average Bonchev–Trinajstić information content (AvgIpc) is 3.20. The molecule has 0 unspecified atom stereocenters. The zero-order valence-corrected chi connectivity index (χ0v) is 16.7. The van der Waals surface area contributed by atoms with E-state index in [0.717, 1.165) is 44.8 Å². The van der Waals surface area contributed by atoms with Gasteiger partial charge in [0.2, 0.25) is 5.91 Å². The molecule has 0 spiro atoms. The minimum atomic E-state index is -0.149. The normalized spacial score (nSPS) is 23.0. The topological polar surface area (TPSA) is 63.7 Å². The van der Waals surface area contributed by atoms with Crippen LogP contribution in [-0.4, -0.2) is 60.3 Å². The number of pyridine rings is 1. The van der Waals surface area contributed by atoms with Gasteiger partial charge in [-0.15, -0.1) is 0 Å². The Morgan fingerprint density at radius 2 is 1.90 bits per heavy atom. The average molecular weight is 396 g/mol. The monoisotopic (exact) mass is 395 g/mol. The molecule has 4 rings (SSSR count). The quantitative estimate of drug-likeness (QED) is 0.780. The summed E-state index contributed by atoms with van der Waals surface area (Å²) < 4.78 is 11.7. The van der Waals surface area contributed by atoms with Crippen LogP contribution in [0.25, 0.3) is 0 Å². The zero-order chi connectivity index (χ0) is 19.9. The molecule has 2 fully saturated rings. The van der Waals surface area contributed by atoms with Crippen molar-refractivity contribution >= 4 is 5.91 Å². The molecule has 0 aliphatic carbocycles. The molecular weight excluding hydrogens is 366 g/mol. The highest BCUT2D eigenvalue weighted by molar-refractivity contribution is 5.82. The van der Waals surface area contributed by atoms with E-state index in [2.05, 4.69) is 15.2 Å². The number of para-hydroxylation sites is 1. The van der Waals surface area contributed by atoms with Crippen molar-refractivity contribution in [3.8, 4) is 5.75 Å². The van der Waals surface area contributed by atoms with Gasteiger partial charge in [0.05, 0.1) is 6.04 Å². The van der Waals surface area contributed by atoms with Gasteiger partial charge in [0.1, 0.15) is 11.9 Å². The first-order valence-electron chi connectivity index (χ1n) is 10.5. The van der Waals surface area contributed by atoms with Gasteiger partial charge in [0, 0.05) is 51.2 Å². The summed E-state index contributed by atoms with van der Waals surface area (Å²) in [5.41, 5.74) is 1.18. The second-order valence-electron chi connectivity index (χ2n) is 7.74. The molecule has 6 nitrogen and oxygen atoms in total. The van der Waals surface area contributed by atoms with Crippen LogP contribution in [0.4, 0.5) is 0 Å². The molecule has 3 heterocycles. The van der Waals surface area contributed by atoms with Crippen LogP contribution < -0.4 is 10.1 Å². The highest BCUT2D eigenvalue weighted by Gasteiger charge is 2.41. The zero-order valence-electron chi connectivity index (χ0n) is 16.7. The van der Waals surface area contributed by atoms with Crippen molar-refractivity contribution in [2.24, 2.45) is 0 Å². The van der Waals surface area contributed by atoms with Gasteiger partial charge < -0.3 is 14.8 Å². The predicted octanol–water partition coefficient (Wildman–Crippen LogP) is 2.44. The summed E-state index contributed by atoms with van der Waals surface area (Å²) in [4.78, 5) is 19.4. The van der Waals surface area contributed by atoms with E-state index < -0.39 is 0 Å². The smallest absolute Gasteiger partial charge is 0.237 e. The van der Waals surface area contributed by atoms with E-state index in [1.165, 1.54) is 5.56 Å². The number of nitrogens with one attached hydrogen (secondary N) is 1. The number of rotatable bonds is 7. The summed E-state index contributed by atoms with van der Waals surface area (Å²) in [6, 6.07) is 14.1. The van der Waals surface area contributed by atoms with E-state index in [9.17, 15) is 4.79 Å². The molecule has 0 radical (unpaired) electrons. The maximum Gasteiger partial charge on any atom is 0.237 e. The molecule has 0 saturated carbocycles. The van der Waals surface area contributed by atoms with Crippen LogP contribution in [-0.2, 0) is 16.0 Å². The maximum absolute atomic E-state index is 13.0. The highest BCUT2D eigenvalue weighted by atomic mass is 16.5. The van der Waals surface area contributed by atoms with Crippen LogP contribution in [0.15, 0.2) is 54.9 Å². The minimum absolute atomic E-state index is 0.0243. The third kappa shape index (κ3) is 5.34. The number of benzene rings is 1. The largest absolute Gasteiger partial charge is 0.489 e. The number of likely N-dealkylation sites (tertiary alicyclic amines) is 1. The van der Waals surface area contributed by atoms with E-state index in [4.69, 9.17) is 9.47 Å². The van der Waals surface area contributed by atoms with Gasteiger partial charge in [0.15, 0.2) is 0 Å². The summed E-state index contributed by atoms with van der Waals surface area (Å²) >= 11 is 0. The molecule has 0 bridgehead atoms. The lowest BCUT2D eigenvalue weighted by atomic mass is 10.1. The third-order valence-corrected chi connectivity index (χ3v) is 5.77. The minimum Gasteiger partial charge on any atom is -0.489 e. The van der Waals surface area contributed by atoms with Gasteiger partial charge in [0.25, 0.3) is 0 Å². The number of carbonyl (C=O) groups is 1. The van der Waals surface area contributed by atoms with Crippen molar-refractivity contribution in [1.82, 2.24) is 15.2 Å². The number of amides is 1. The Kier molecular flexibility index (Phi) is 6.75. The molecule has 1 aromatic heterocycles. The van der Waals surface area contributed by atoms with E-state index in [-0.39, 0.29) is 18.1 Å². The van der Waals surface area contributed by atoms with Crippen molar-refractivity contribution in [2.45, 2.75) is 43.9 Å². The number of hydrogen-bond acceptors (Lipinski definition) is 5. The van der Waals surface area contributed by atoms with Gasteiger partial charge in [-0.3, -0.25) is 14.7 Å². The van der Waals surface area contributed by atoms with E-state index in [1.807, 2.05) is 42.5 Å². The van der Waals surface area contributed by atoms with Crippen molar-refractivity contribution in [2.75, 3.05) is 26.3 Å². The van der Waals surface area contributed by atoms with Crippen LogP contribution >= 0.6 is 0 Å². The lowest BCUT2D eigenvalue weighted by molar-refractivity contribution is -0.126. The Morgan fingerprint density at radius 3 is 2.66 bits per heavy atom. The van der Waals surface area contributed by atoms with E-state index in [0.29, 0.717) is 19.0 Å². The Labute approximate surface area is 172 Å². The molecule has 2 saturated heterocycles. The summed E-state index contributed by atoms with van der Waals surface area (Å²) in [7, 11) is 0. The lowest BCUT2D eigenvalue weighted by Gasteiger charge is -2.34. The molecule has 1 aromatic carbocycles. The Bertz CT molecular complexity index is 765. The number of ether oxygens (including phenoxy) is 2. The van der Waals surface area contributed by atoms with E-state index >= 15 is 0 Å². The molecule has 2 atom stereocenters. The van der Waals surface area contributed by atoms with Gasteiger partial charge >= 0.3 is 0 Å². The number of aromatic nitrogens is 1. The van der Waals surface area contributed by atoms with Gasteiger partial charge in [-0.25, -0.2) is 0 Å². The van der Waals surface area contributed by atoms with Crippen LogP contribution in [0.2, 0.25) is 0 Å². The first-order chi connectivity index (χ1) is 14.3. The Hall–Kier alpha value is -2.44. The molecule has 29 heavy (non-hydrogen) atoms. The molecule has 2 aliphatic rings. The summed E-state index contributed by atoms with van der Waals surface area (Å²) in [5, 5.41) is 3.14. The fourth-order valence-corrected chi connectivity index (χ4v) is 4.27. The molecule has 1 amide bonds. The van der Waals surface area contributed by atoms with Crippen molar-refractivity contribution < 1.29 is 14.3 Å². The molecular formula is C23H29N3O3. The van der Waals surface area contributed by atoms with E-state index in [1.54, 1.807) is 12.4 Å². The van der Waals surface area contributed by atoms with Crippen molar-refractivity contribution in [3.63, 3.8) is 0 Å². The SMILES string of the molecule is O=C(NCCc1ccncc1)[C@@H]1C[C@H](Oc2ccccc2)CN1C1CCOCC1. The molecule has 2 aromatic rings. The third-order valence-electron chi connectivity index (χ3n) is 5.77. The fraction of sp³-hybridized carbons (Fsp3) is 0.478. The van der Waals surface area contributed by atoms with Crippen molar-refractivity contribution in [3.05, 3.63) is 60.4 Å². The van der Waals surface area contributed by atoms with Crippen LogP contribution in [0.5, 0.6) is 5.75 Å². The van der Waals surface area contributed by atoms with Crippen molar-refractivity contribution in [1.29, 1.82) is 0 Å². The second-order valence-corrected chi connectivity index (χ2v) is 7.74. The first kappa shape index (κ1) is 19.9. The van der Waals surface area contributed by atoms with Gasteiger partial charge in [-0.05, 0) is 49.1 Å². The lowest BCUT2D eigenvalue weighted by Crippen LogP contribution is -2.49. The van der Waals surface area contributed by atoms with Gasteiger partial charge in [-0.2, -0.15) is 0 Å². The molecule has 1 N–H and O–H groups in total. The highest BCUT2D eigenvalue weighted by Crippen LogP contribution is 2.28. The van der Waals surface area contributed by atoms with Crippen LogP contribution in [0, 0.1) is 0 Å². The fourth-order valence-electron chi connectivity index (χ4n) is 4.27. The summed E-state index contributed by atoms with van der Waals surface area (Å²) in [5.74, 6) is 0.966. The summed E-state index contributed by atoms with van der Waals surface area (Å²) in [6.45, 7) is 2.94. The number of carbonyl (C=O) groups excluding carboxylic acids is 1.